The third-order valence-corrected chi connectivity index (χ3v) is 3.73. The van der Waals surface area contributed by atoms with Gasteiger partial charge >= 0.3 is 5.69 Å². The largest absolute Gasteiger partial charge is 0.493 e. The van der Waals surface area contributed by atoms with Gasteiger partial charge in [0.2, 0.25) is 0 Å². The number of nitrogens with zero attached hydrogens (tertiary/aromatic N) is 2. The summed E-state index contributed by atoms with van der Waals surface area (Å²) in [6.45, 7) is 3.41. The van der Waals surface area contributed by atoms with Crippen LogP contribution < -0.4 is 10.4 Å². The molecule has 0 aliphatic heterocycles. The Hall–Kier alpha value is -1.69. The molecule has 0 saturated heterocycles. The van der Waals surface area contributed by atoms with Gasteiger partial charge < -0.3 is 4.74 Å². The SMILES string of the molecule is CCCCn1c(SCCOc2ccccc2)n[nH]c1=O. The number of thioether (sulfide) groups is 1. The fourth-order valence-corrected chi connectivity index (χ4v) is 2.53. The zero-order valence-electron chi connectivity index (χ0n) is 11.5. The molecule has 0 aliphatic rings. The van der Waals surface area contributed by atoms with Crippen LogP contribution in [0, 0.1) is 0 Å². The lowest BCUT2D eigenvalue weighted by Gasteiger charge is -2.06. The van der Waals surface area contributed by atoms with Crippen LogP contribution in [-0.4, -0.2) is 27.1 Å². The molecule has 5 nitrogen and oxygen atoms in total. The normalized spacial score (nSPS) is 10.7. The van der Waals surface area contributed by atoms with Crippen LogP contribution in [0.4, 0.5) is 0 Å². The van der Waals surface area contributed by atoms with Gasteiger partial charge in [0.15, 0.2) is 5.16 Å². The highest BCUT2D eigenvalue weighted by Gasteiger charge is 2.08. The van der Waals surface area contributed by atoms with E-state index in [1.807, 2.05) is 30.3 Å². The molecule has 0 radical (unpaired) electrons. The van der Waals surface area contributed by atoms with Crippen LogP contribution in [-0.2, 0) is 6.54 Å². The second-order valence-corrected chi connectivity index (χ2v) is 5.39. The van der Waals surface area contributed by atoms with E-state index in [0.29, 0.717) is 13.2 Å². The predicted octanol–water partition coefficient (Wildman–Crippen LogP) is 2.54. The fraction of sp³-hybridized carbons (Fsp3) is 0.429. The molecule has 0 bridgehead atoms. The van der Waals surface area contributed by atoms with Crippen LogP contribution >= 0.6 is 11.8 Å². The molecule has 2 rings (SSSR count). The number of aromatic nitrogens is 3. The van der Waals surface area contributed by atoms with Crippen molar-refractivity contribution in [1.82, 2.24) is 14.8 Å². The Morgan fingerprint density at radius 3 is 2.90 bits per heavy atom. The maximum atomic E-state index is 11.6. The van der Waals surface area contributed by atoms with Crippen LogP contribution in [0.3, 0.4) is 0 Å². The molecule has 0 unspecified atom stereocenters. The van der Waals surface area contributed by atoms with Crippen molar-refractivity contribution in [1.29, 1.82) is 0 Å². The number of para-hydroxylation sites is 1. The molecule has 1 heterocycles. The maximum absolute atomic E-state index is 11.6. The second kappa shape index (κ2) is 7.79. The van der Waals surface area contributed by atoms with Gasteiger partial charge in [-0.1, -0.05) is 43.3 Å². The quantitative estimate of drug-likeness (QED) is 0.600. The van der Waals surface area contributed by atoms with Gasteiger partial charge in [-0.15, -0.1) is 5.10 Å². The van der Waals surface area contributed by atoms with Gasteiger partial charge in [0.25, 0.3) is 0 Å². The van der Waals surface area contributed by atoms with Crippen LogP contribution in [0.15, 0.2) is 40.3 Å². The van der Waals surface area contributed by atoms with Crippen molar-refractivity contribution in [2.75, 3.05) is 12.4 Å². The lowest BCUT2D eigenvalue weighted by Crippen LogP contribution is -2.17. The first-order valence-corrected chi connectivity index (χ1v) is 7.75. The lowest BCUT2D eigenvalue weighted by atomic mass is 10.3. The van der Waals surface area contributed by atoms with E-state index in [1.165, 1.54) is 11.8 Å². The van der Waals surface area contributed by atoms with E-state index in [0.717, 1.165) is 29.5 Å². The molecule has 20 heavy (non-hydrogen) atoms. The van der Waals surface area contributed by atoms with Crippen LogP contribution in [0.2, 0.25) is 0 Å². The molecule has 0 spiro atoms. The van der Waals surface area contributed by atoms with Gasteiger partial charge in [0.1, 0.15) is 5.75 Å². The van der Waals surface area contributed by atoms with E-state index in [-0.39, 0.29) is 5.69 Å². The predicted molar refractivity (Wildman–Crippen MR) is 80.4 cm³/mol. The molecule has 0 fully saturated rings. The summed E-state index contributed by atoms with van der Waals surface area (Å²) in [5.41, 5.74) is -0.134. The first-order valence-electron chi connectivity index (χ1n) is 6.77. The summed E-state index contributed by atoms with van der Waals surface area (Å²) < 4.78 is 7.30. The number of aromatic amines is 1. The van der Waals surface area contributed by atoms with E-state index in [4.69, 9.17) is 4.74 Å². The van der Waals surface area contributed by atoms with Gasteiger partial charge in [-0.3, -0.25) is 4.57 Å². The van der Waals surface area contributed by atoms with Crippen molar-refractivity contribution in [2.24, 2.45) is 0 Å². The number of hydrogen-bond donors (Lipinski definition) is 1. The van der Waals surface area contributed by atoms with Gasteiger partial charge in [-0.05, 0) is 18.6 Å². The van der Waals surface area contributed by atoms with E-state index >= 15 is 0 Å². The maximum Gasteiger partial charge on any atom is 0.343 e. The smallest absolute Gasteiger partial charge is 0.343 e. The summed E-state index contributed by atoms with van der Waals surface area (Å²) >= 11 is 1.53. The number of benzene rings is 1. The number of hydrogen-bond acceptors (Lipinski definition) is 4. The van der Waals surface area contributed by atoms with Gasteiger partial charge in [0.05, 0.1) is 6.61 Å². The molecule has 0 amide bonds. The first-order chi connectivity index (χ1) is 9.81. The molecule has 1 aromatic heterocycles. The molecular weight excluding hydrogens is 274 g/mol. The van der Waals surface area contributed by atoms with Crippen molar-refractivity contribution in [3.63, 3.8) is 0 Å². The lowest BCUT2D eigenvalue weighted by molar-refractivity contribution is 0.344. The molecule has 1 N–H and O–H groups in total. The average molecular weight is 293 g/mol. The summed E-state index contributed by atoms with van der Waals surface area (Å²) in [5.74, 6) is 1.61. The summed E-state index contributed by atoms with van der Waals surface area (Å²) in [4.78, 5) is 11.6. The third-order valence-electron chi connectivity index (χ3n) is 2.78. The van der Waals surface area contributed by atoms with Crippen LogP contribution in [0.25, 0.3) is 0 Å². The Morgan fingerprint density at radius 2 is 2.15 bits per heavy atom. The Labute approximate surface area is 122 Å². The number of nitrogens with one attached hydrogen (secondary N) is 1. The molecule has 1 aromatic carbocycles. The Bertz CT molecular complexity index is 565. The molecule has 0 atom stereocenters. The Balaban J connectivity index is 1.81. The van der Waals surface area contributed by atoms with Crippen molar-refractivity contribution in [3.05, 3.63) is 40.8 Å². The minimum atomic E-state index is -0.134. The van der Waals surface area contributed by atoms with Gasteiger partial charge in [-0.2, -0.15) is 0 Å². The highest BCUT2D eigenvalue weighted by molar-refractivity contribution is 7.99. The average Bonchev–Trinajstić information content (AvgIpc) is 2.83. The Morgan fingerprint density at radius 1 is 1.35 bits per heavy atom. The number of ether oxygens (including phenoxy) is 1. The molecule has 6 heteroatoms. The summed E-state index contributed by atoms with van der Waals surface area (Å²) in [7, 11) is 0. The molecule has 108 valence electrons. The molecule has 0 aliphatic carbocycles. The van der Waals surface area contributed by atoms with Crippen molar-refractivity contribution >= 4 is 11.8 Å². The van der Waals surface area contributed by atoms with E-state index in [1.54, 1.807) is 4.57 Å². The molecule has 0 saturated carbocycles. The number of unbranched alkanes of at least 4 members (excludes halogenated alkanes) is 1. The van der Waals surface area contributed by atoms with Crippen LogP contribution in [0.5, 0.6) is 5.75 Å². The van der Waals surface area contributed by atoms with Gasteiger partial charge in [-0.25, -0.2) is 9.89 Å². The number of H-pyrrole nitrogens is 1. The molecule has 2 aromatic rings. The monoisotopic (exact) mass is 293 g/mol. The minimum absolute atomic E-state index is 0.134. The van der Waals surface area contributed by atoms with Crippen molar-refractivity contribution < 1.29 is 4.74 Å². The third kappa shape index (κ3) is 4.16. The number of rotatable bonds is 8. The van der Waals surface area contributed by atoms with E-state index < -0.39 is 0 Å². The molecular formula is C14H19N3O2S. The zero-order valence-corrected chi connectivity index (χ0v) is 12.4. The minimum Gasteiger partial charge on any atom is -0.493 e. The standard InChI is InChI=1S/C14H19N3O2S/c1-2-3-9-17-13(18)15-16-14(17)20-11-10-19-12-7-5-4-6-8-12/h4-8H,2-3,9-11H2,1H3,(H,15,18). The van der Waals surface area contributed by atoms with Crippen LogP contribution in [0.1, 0.15) is 19.8 Å². The summed E-state index contributed by atoms with van der Waals surface area (Å²) in [6.07, 6.45) is 2.03. The second-order valence-electron chi connectivity index (χ2n) is 4.33. The highest BCUT2D eigenvalue weighted by atomic mass is 32.2. The van der Waals surface area contributed by atoms with E-state index in [9.17, 15) is 4.79 Å². The topological polar surface area (TPSA) is 59.9 Å². The highest BCUT2D eigenvalue weighted by Crippen LogP contribution is 2.15. The fourth-order valence-electron chi connectivity index (χ4n) is 1.74. The van der Waals surface area contributed by atoms with E-state index in [2.05, 4.69) is 17.1 Å². The summed E-state index contributed by atoms with van der Waals surface area (Å²) in [6, 6.07) is 9.70. The summed E-state index contributed by atoms with van der Waals surface area (Å²) in [5, 5.41) is 7.28. The van der Waals surface area contributed by atoms with Crippen molar-refractivity contribution in [2.45, 2.75) is 31.5 Å². The first kappa shape index (κ1) is 14.7. The zero-order chi connectivity index (χ0) is 14.2. The van der Waals surface area contributed by atoms with Gasteiger partial charge in [0, 0.05) is 12.3 Å². The Kier molecular flexibility index (Phi) is 5.73. The van der Waals surface area contributed by atoms with Crippen molar-refractivity contribution in [3.8, 4) is 5.75 Å².